The first-order valence-corrected chi connectivity index (χ1v) is 5.99. The predicted octanol–water partition coefficient (Wildman–Crippen LogP) is 0.879. The molecule has 6 nitrogen and oxygen atoms in total. The summed E-state index contributed by atoms with van der Waals surface area (Å²) < 4.78 is 24.7. The van der Waals surface area contributed by atoms with Crippen LogP contribution in [-0.2, 0) is 4.79 Å². The Morgan fingerprint density at radius 2 is 2.10 bits per heavy atom. The fourth-order valence-electron chi connectivity index (χ4n) is 1.52. The maximum absolute atomic E-state index is 12.4. The van der Waals surface area contributed by atoms with E-state index in [0.29, 0.717) is 5.56 Å². The Balaban J connectivity index is 2.83. The lowest BCUT2D eigenvalue weighted by Gasteiger charge is -2.20. The summed E-state index contributed by atoms with van der Waals surface area (Å²) in [5.41, 5.74) is 0.396. The number of pyridine rings is 1. The highest BCUT2D eigenvalue weighted by atomic mass is 19.3. The highest BCUT2D eigenvalue weighted by molar-refractivity contribution is 5.92. The highest BCUT2D eigenvalue weighted by Gasteiger charge is 2.20. The molecule has 0 radical (unpaired) electrons. The molecule has 0 spiro atoms. The van der Waals surface area contributed by atoms with Crippen LogP contribution in [0, 0.1) is 0 Å². The number of carboxylic acids is 1. The molecular formula is C13H14F2N2O4. The molecule has 0 bridgehead atoms. The monoisotopic (exact) mass is 300 g/mol. The van der Waals surface area contributed by atoms with Crippen LogP contribution in [0.5, 0.6) is 0 Å². The minimum absolute atomic E-state index is 0.0587. The van der Waals surface area contributed by atoms with Gasteiger partial charge in [0.2, 0.25) is 0 Å². The summed E-state index contributed by atoms with van der Waals surface area (Å²) in [7, 11) is 0. The third kappa shape index (κ3) is 5.65. The fourth-order valence-corrected chi connectivity index (χ4v) is 1.52. The summed E-state index contributed by atoms with van der Waals surface area (Å²) in [5, 5.41) is 17.3. The quantitative estimate of drug-likeness (QED) is 0.729. The average molecular weight is 300 g/mol. The molecule has 0 aliphatic rings. The van der Waals surface area contributed by atoms with Crippen molar-refractivity contribution in [2.75, 3.05) is 19.7 Å². The van der Waals surface area contributed by atoms with Crippen molar-refractivity contribution < 1.29 is 28.6 Å². The second-order valence-corrected chi connectivity index (χ2v) is 4.01. The van der Waals surface area contributed by atoms with Crippen molar-refractivity contribution in [2.24, 2.45) is 0 Å². The van der Waals surface area contributed by atoms with Crippen LogP contribution in [0.3, 0.4) is 0 Å². The van der Waals surface area contributed by atoms with Gasteiger partial charge in [-0.1, -0.05) is 6.07 Å². The van der Waals surface area contributed by atoms with E-state index in [9.17, 15) is 18.4 Å². The number of hydrogen-bond acceptors (Lipinski definition) is 4. The van der Waals surface area contributed by atoms with Gasteiger partial charge >= 0.3 is 5.97 Å². The van der Waals surface area contributed by atoms with Gasteiger partial charge in [0.15, 0.2) is 0 Å². The van der Waals surface area contributed by atoms with Gasteiger partial charge in [0.05, 0.1) is 13.2 Å². The van der Waals surface area contributed by atoms with E-state index in [1.807, 2.05) is 0 Å². The largest absolute Gasteiger partial charge is 0.478 e. The lowest BCUT2D eigenvalue weighted by atomic mass is 10.2. The number of hydrogen-bond donors (Lipinski definition) is 2. The maximum Gasteiger partial charge on any atom is 0.328 e. The fraction of sp³-hybridized carbons (Fsp3) is 0.308. The van der Waals surface area contributed by atoms with Gasteiger partial charge in [-0.05, 0) is 17.7 Å². The molecule has 114 valence electrons. The minimum Gasteiger partial charge on any atom is -0.478 e. The molecule has 0 atom stereocenters. The van der Waals surface area contributed by atoms with Gasteiger partial charge in [0.1, 0.15) is 5.69 Å². The summed E-state index contributed by atoms with van der Waals surface area (Å²) in [6.07, 6.45) is 0.742. The molecule has 0 unspecified atom stereocenters. The molecule has 21 heavy (non-hydrogen) atoms. The van der Waals surface area contributed by atoms with Crippen molar-refractivity contribution in [3.63, 3.8) is 0 Å². The molecular weight excluding hydrogens is 286 g/mol. The van der Waals surface area contributed by atoms with Gasteiger partial charge in [-0.25, -0.2) is 13.6 Å². The number of nitrogens with zero attached hydrogens (tertiary/aromatic N) is 2. The molecule has 0 aliphatic carbocycles. The topological polar surface area (TPSA) is 90.7 Å². The zero-order valence-corrected chi connectivity index (χ0v) is 10.9. The molecule has 2 N–H and O–H groups in total. The van der Waals surface area contributed by atoms with E-state index in [-0.39, 0.29) is 12.2 Å². The number of carboxylic acid groups (broad SMARTS) is 1. The lowest BCUT2D eigenvalue weighted by molar-refractivity contribution is -0.131. The number of carbonyl (C=O) groups excluding carboxylic acids is 1. The van der Waals surface area contributed by atoms with Crippen LogP contribution < -0.4 is 0 Å². The van der Waals surface area contributed by atoms with Gasteiger partial charge in [0, 0.05) is 18.8 Å². The Kier molecular flexibility index (Phi) is 6.41. The van der Waals surface area contributed by atoms with E-state index in [4.69, 9.17) is 10.2 Å². The molecule has 0 saturated heterocycles. The van der Waals surface area contributed by atoms with E-state index in [0.717, 1.165) is 11.0 Å². The smallest absolute Gasteiger partial charge is 0.328 e. The summed E-state index contributed by atoms with van der Waals surface area (Å²) in [5.74, 6) is -1.85. The first-order valence-electron chi connectivity index (χ1n) is 5.99. The Hall–Kier alpha value is -2.35. The van der Waals surface area contributed by atoms with E-state index in [2.05, 4.69) is 4.98 Å². The molecule has 0 aromatic carbocycles. The average Bonchev–Trinajstić information content (AvgIpc) is 2.44. The first kappa shape index (κ1) is 16.7. The molecule has 1 rings (SSSR count). The van der Waals surface area contributed by atoms with Gasteiger partial charge in [-0.2, -0.15) is 0 Å². The third-order valence-corrected chi connectivity index (χ3v) is 2.44. The Morgan fingerprint density at radius 1 is 1.38 bits per heavy atom. The number of aliphatic hydroxyl groups is 1. The molecule has 1 amide bonds. The highest BCUT2D eigenvalue weighted by Crippen LogP contribution is 2.08. The molecule has 0 saturated carbocycles. The van der Waals surface area contributed by atoms with Crippen molar-refractivity contribution in [1.29, 1.82) is 0 Å². The van der Waals surface area contributed by atoms with Gasteiger partial charge in [0.25, 0.3) is 12.3 Å². The number of alkyl halides is 2. The van der Waals surface area contributed by atoms with Crippen LogP contribution in [0.4, 0.5) is 8.78 Å². The minimum atomic E-state index is -2.71. The van der Waals surface area contributed by atoms with Crippen LogP contribution in [-0.4, -0.2) is 58.1 Å². The van der Waals surface area contributed by atoms with E-state index >= 15 is 0 Å². The molecule has 1 aromatic heterocycles. The standard InChI is InChI=1S/C13H14F2N2O4/c14-11(15)8-17(5-6-18)13(21)10-3-1-9(7-16-10)2-4-12(19)20/h1-4,7,11,18H,5-6,8H2,(H,19,20)/b4-2+. The number of amides is 1. The number of halogens is 2. The number of aromatic nitrogens is 1. The number of aliphatic carboxylic acids is 1. The Labute approximate surface area is 119 Å². The summed E-state index contributed by atoms with van der Waals surface area (Å²) in [6.45, 7) is -1.44. The van der Waals surface area contributed by atoms with Crippen LogP contribution >= 0.6 is 0 Å². The SMILES string of the molecule is O=C(O)/C=C/c1ccc(C(=O)N(CCO)CC(F)F)nc1. The molecule has 0 aliphatic heterocycles. The Morgan fingerprint density at radius 3 is 2.57 bits per heavy atom. The van der Waals surface area contributed by atoms with Gasteiger partial charge < -0.3 is 15.1 Å². The summed E-state index contributed by atoms with van der Waals surface area (Å²) in [6, 6.07) is 2.75. The number of aliphatic hydroxyl groups excluding tert-OH is 1. The number of rotatable bonds is 7. The third-order valence-electron chi connectivity index (χ3n) is 2.44. The van der Waals surface area contributed by atoms with Crippen molar-refractivity contribution in [2.45, 2.75) is 6.43 Å². The summed E-state index contributed by atoms with van der Waals surface area (Å²) >= 11 is 0. The maximum atomic E-state index is 12.4. The van der Waals surface area contributed by atoms with Gasteiger partial charge in [-0.15, -0.1) is 0 Å². The van der Waals surface area contributed by atoms with E-state index in [1.54, 1.807) is 0 Å². The van der Waals surface area contributed by atoms with Crippen molar-refractivity contribution in [3.05, 3.63) is 35.7 Å². The predicted molar refractivity (Wildman–Crippen MR) is 69.9 cm³/mol. The second-order valence-electron chi connectivity index (χ2n) is 4.01. The molecule has 1 aromatic rings. The van der Waals surface area contributed by atoms with E-state index < -0.39 is 31.5 Å². The van der Waals surface area contributed by atoms with Crippen LogP contribution in [0.25, 0.3) is 6.08 Å². The summed E-state index contributed by atoms with van der Waals surface area (Å²) in [4.78, 5) is 26.9. The Bertz CT molecular complexity index is 517. The molecule has 8 heteroatoms. The normalized spacial score (nSPS) is 11.0. The number of carbonyl (C=O) groups is 2. The lowest BCUT2D eigenvalue weighted by Crippen LogP contribution is -2.37. The first-order chi connectivity index (χ1) is 9.93. The van der Waals surface area contributed by atoms with E-state index in [1.165, 1.54) is 24.4 Å². The van der Waals surface area contributed by atoms with Gasteiger partial charge in [-0.3, -0.25) is 9.78 Å². The van der Waals surface area contributed by atoms with Crippen molar-refractivity contribution in [3.8, 4) is 0 Å². The van der Waals surface area contributed by atoms with Crippen LogP contribution in [0.15, 0.2) is 24.4 Å². The second kappa shape index (κ2) is 8.05. The van der Waals surface area contributed by atoms with Crippen LogP contribution in [0.1, 0.15) is 16.1 Å². The zero-order valence-electron chi connectivity index (χ0n) is 10.9. The van der Waals surface area contributed by atoms with Crippen molar-refractivity contribution >= 4 is 18.0 Å². The van der Waals surface area contributed by atoms with Crippen LogP contribution in [0.2, 0.25) is 0 Å². The molecule has 1 heterocycles. The molecule has 0 fully saturated rings. The van der Waals surface area contributed by atoms with Crippen molar-refractivity contribution in [1.82, 2.24) is 9.88 Å². The zero-order chi connectivity index (χ0) is 15.8.